The topological polar surface area (TPSA) is 95.6 Å². The zero-order chi connectivity index (χ0) is 17.3. The fourth-order valence-electron chi connectivity index (χ4n) is 2.41. The van der Waals surface area contributed by atoms with Crippen molar-refractivity contribution < 1.29 is 4.92 Å². The molecule has 0 unspecified atom stereocenters. The van der Waals surface area contributed by atoms with Crippen molar-refractivity contribution in [1.29, 1.82) is 5.26 Å². The van der Waals surface area contributed by atoms with Gasteiger partial charge in [0.25, 0.3) is 5.69 Å². The van der Waals surface area contributed by atoms with Gasteiger partial charge < -0.3 is 4.98 Å². The van der Waals surface area contributed by atoms with Gasteiger partial charge in [0.05, 0.1) is 21.5 Å². The Hall–Kier alpha value is -3.46. The number of nitro benzene ring substituents is 1. The zero-order valence-corrected chi connectivity index (χ0v) is 13.2. The molecule has 0 atom stereocenters. The number of hydrogen-bond acceptors (Lipinski definition) is 4. The van der Waals surface area contributed by atoms with Gasteiger partial charge in [-0.05, 0) is 60.9 Å². The number of nitro groups is 1. The maximum absolute atomic E-state index is 10.7. The van der Waals surface area contributed by atoms with Crippen LogP contribution < -0.4 is 0 Å². The highest BCUT2D eigenvalue weighted by atomic mass is 16.6. The van der Waals surface area contributed by atoms with Crippen molar-refractivity contribution in [2.75, 3.05) is 0 Å². The second kappa shape index (κ2) is 5.97. The highest BCUT2D eigenvalue weighted by molar-refractivity contribution is 5.90. The van der Waals surface area contributed by atoms with E-state index in [4.69, 9.17) is 0 Å². The molecule has 0 aliphatic heterocycles. The number of non-ortho nitro benzene ring substituents is 1. The summed E-state index contributed by atoms with van der Waals surface area (Å²) in [6.07, 6.45) is 1.65. The fourth-order valence-corrected chi connectivity index (χ4v) is 2.41. The third-order valence-electron chi connectivity index (χ3n) is 3.89. The lowest BCUT2D eigenvalue weighted by Crippen LogP contribution is -1.88. The molecular formula is C18H14N4O2. The number of aromatic amines is 1. The number of H-pyrrole nitrogens is 1. The van der Waals surface area contributed by atoms with Gasteiger partial charge in [0, 0.05) is 12.1 Å². The number of rotatable bonds is 3. The molecule has 0 spiro atoms. The molecule has 0 radical (unpaired) electrons. The maximum atomic E-state index is 10.7. The van der Waals surface area contributed by atoms with E-state index in [0.717, 1.165) is 22.2 Å². The van der Waals surface area contributed by atoms with Crippen molar-refractivity contribution >= 4 is 28.4 Å². The van der Waals surface area contributed by atoms with Crippen LogP contribution in [0.1, 0.15) is 22.5 Å². The van der Waals surface area contributed by atoms with Crippen molar-refractivity contribution in [1.82, 2.24) is 9.97 Å². The van der Waals surface area contributed by atoms with E-state index in [1.807, 2.05) is 26.0 Å². The second-order valence-electron chi connectivity index (χ2n) is 5.56. The van der Waals surface area contributed by atoms with E-state index in [9.17, 15) is 15.4 Å². The summed E-state index contributed by atoms with van der Waals surface area (Å²) in [4.78, 5) is 17.9. The number of nitriles is 1. The van der Waals surface area contributed by atoms with Crippen LogP contribution in [0.25, 0.3) is 22.7 Å². The number of hydrogen-bond donors (Lipinski definition) is 1. The molecule has 0 amide bonds. The van der Waals surface area contributed by atoms with E-state index in [0.29, 0.717) is 17.0 Å². The predicted molar refractivity (Wildman–Crippen MR) is 92.1 cm³/mol. The van der Waals surface area contributed by atoms with E-state index in [1.165, 1.54) is 12.1 Å². The van der Waals surface area contributed by atoms with Gasteiger partial charge in [-0.2, -0.15) is 5.26 Å². The number of nitrogens with zero attached hydrogens (tertiary/aromatic N) is 3. The van der Waals surface area contributed by atoms with Crippen molar-refractivity contribution in [3.05, 3.63) is 69.0 Å². The third-order valence-corrected chi connectivity index (χ3v) is 3.89. The summed E-state index contributed by atoms with van der Waals surface area (Å²) in [6, 6.07) is 12.1. The van der Waals surface area contributed by atoms with Crippen LogP contribution in [0.4, 0.5) is 5.69 Å². The Bertz CT molecular complexity index is 969. The summed E-state index contributed by atoms with van der Waals surface area (Å²) in [7, 11) is 0. The molecule has 0 aliphatic rings. The molecule has 6 nitrogen and oxygen atoms in total. The molecule has 1 aromatic heterocycles. The first-order valence-corrected chi connectivity index (χ1v) is 7.31. The minimum Gasteiger partial charge on any atom is -0.337 e. The number of aromatic nitrogens is 2. The molecule has 1 N–H and O–H groups in total. The largest absolute Gasteiger partial charge is 0.337 e. The monoisotopic (exact) mass is 318 g/mol. The maximum Gasteiger partial charge on any atom is 0.269 e. The summed E-state index contributed by atoms with van der Waals surface area (Å²) in [5, 5.41) is 20.1. The Morgan fingerprint density at radius 2 is 1.92 bits per heavy atom. The van der Waals surface area contributed by atoms with Crippen LogP contribution >= 0.6 is 0 Å². The fraction of sp³-hybridized carbons (Fsp3) is 0.111. The SMILES string of the molecule is Cc1cc2nc(C(C#N)=Cc3ccc([N+](=O)[O-])cc3)[nH]c2cc1C. The quantitative estimate of drug-likeness (QED) is 0.445. The molecule has 3 aromatic rings. The van der Waals surface area contributed by atoms with E-state index >= 15 is 0 Å². The van der Waals surface area contributed by atoms with Crippen molar-refractivity contribution in [2.24, 2.45) is 0 Å². The summed E-state index contributed by atoms with van der Waals surface area (Å²) >= 11 is 0. The molecule has 0 saturated carbocycles. The molecule has 0 bridgehead atoms. The highest BCUT2D eigenvalue weighted by Crippen LogP contribution is 2.22. The van der Waals surface area contributed by atoms with Crippen molar-refractivity contribution in [3.63, 3.8) is 0 Å². The van der Waals surface area contributed by atoms with Gasteiger partial charge in [0.2, 0.25) is 0 Å². The van der Waals surface area contributed by atoms with Gasteiger partial charge in [-0.1, -0.05) is 0 Å². The third kappa shape index (κ3) is 2.88. The molecule has 6 heteroatoms. The van der Waals surface area contributed by atoms with Crippen LogP contribution in [0.5, 0.6) is 0 Å². The zero-order valence-electron chi connectivity index (χ0n) is 13.2. The van der Waals surface area contributed by atoms with Gasteiger partial charge in [0.15, 0.2) is 0 Å². The average Bonchev–Trinajstić information content (AvgIpc) is 2.96. The number of imidazole rings is 1. The number of allylic oxidation sites excluding steroid dienone is 1. The highest BCUT2D eigenvalue weighted by Gasteiger charge is 2.10. The van der Waals surface area contributed by atoms with Crippen LogP contribution in [0.15, 0.2) is 36.4 Å². The Balaban J connectivity index is 2.02. The minimum absolute atomic E-state index is 0.0142. The van der Waals surface area contributed by atoms with Crippen molar-refractivity contribution in [3.8, 4) is 6.07 Å². The Labute approximate surface area is 138 Å². The smallest absolute Gasteiger partial charge is 0.269 e. The lowest BCUT2D eigenvalue weighted by Gasteiger charge is -1.97. The van der Waals surface area contributed by atoms with Crippen LogP contribution in [0.2, 0.25) is 0 Å². The summed E-state index contributed by atoms with van der Waals surface area (Å²) < 4.78 is 0. The van der Waals surface area contributed by atoms with E-state index in [-0.39, 0.29) is 5.69 Å². The molecule has 0 fully saturated rings. The molecule has 2 aromatic carbocycles. The number of nitrogens with one attached hydrogen (secondary N) is 1. The summed E-state index contributed by atoms with van der Waals surface area (Å²) in [6.45, 7) is 4.04. The normalized spacial score (nSPS) is 11.5. The number of benzene rings is 2. The summed E-state index contributed by atoms with van der Waals surface area (Å²) in [5.74, 6) is 0.482. The van der Waals surface area contributed by atoms with Gasteiger partial charge in [-0.3, -0.25) is 10.1 Å². The van der Waals surface area contributed by atoms with E-state index < -0.39 is 4.92 Å². The Morgan fingerprint density at radius 3 is 2.54 bits per heavy atom. The molecule has 0 aliphatic carbocycles. The van der Waals surface area contributed by atoms with Crippen LogP contribution in [0, 0.1) is 35.3 Å². The minimum atomic E-state index is -0.456. The lowest BCUT2D eigenvalue weighted by molar-refractivity contribution is -0.384. The van der Waals surface area contributed by atoms with Crippen LogP contribution in [-0.2, 0) is 0 Å². The van der Waals surface area contributed by atoms with Crippen LogP contribution in [-0.4, -0.2) is 14.9 Å². The van der Waals surface area contributed by atoms with Crippen molar-refractivity contribution in [2.45, 2.75) is 13.8 Å². The molecular weight excluding hydrogens is 304 g/mol. The number of fused-ring (bicyclic) bond motifs is 1. The predicted octanol–water partition coefficient (Wildman–Crippen LogP) is 4.15. The Morgan fingerprint density at radius 1 is 1.25 bits per heavy atom. The van der Waals surface area contributed by atoms with Gasteiger partial charge >= 0.3 is 0 Å². The first-order valence-electron chi connectivity index (χ1n) is 7.31. The van der Waals surface area contributed by atoms with Crippen LogP contribution in [0.3, 0.4) is 0 Å². The van der Waals surface area contributed by atoms with E-state index in [1.54, 1.807) is 18.2 Å². The molecule has 24 heavy (non-hydrogen) atoms. The lowest BCUT2D eigenvalue weighted by atomic mass is 10.1. The van der Waals surface area contributed by atoms with Gasteiger partial charge in [-0.25, -0.2) is 4.98 Å². The molecule has 1 heterocycles. The average molecular weight is 318 g/mol. The number of aryl methyl sites for hydroxylation is 2. The van der Waals surface area contributed by atoms with E-state index in [2.05, 4.69) is 16.0 Å². The summed E-state index contributed by atoms with van der Waals surface area (Å²) in [5.41, 5.74) is 5.05. The standard InChI is InChI=1S/C18H14N4O2/c1-11-7-16-17(8-12(11)2)21-18(20-16)14(10-19)9-13-3-5-15(6-4-13)22(23)24/h3-9H,1-2H3,(H,20,21). The molecule has 118 valence electrons. The first-order chi connectivity index (χ1) is 11.5. The molecule has 0 saturated heterocycles. The first kappa shape index (κ1) is 15.4. The van der Waals surface area contributed by atoms with Gasteiger partial charge in [0.1, 0.15) is 11.9 Å². The molecule has 3 rings (SSSR count). The van der Waals surface area contributed by atoms with Gasteiger partial charge in [-0.15, -0.1) is 0 Å². The second-order valence-corrected chi connectivity index (χ2v) is 5.56. The Kier molecular flexibility index (Phi) is 3.84.